The van der Waals surface area contributed by atoms with E-state index in [9.17, 15) is 9.59 Å². The van der Waals surface area contributed by atoms with Crippen LogP contribution in [0.3, 0.4) is 0 Å². The summed E-state index contributed by atoms with van der Waals surface area (Å²) in [6, 6.07) is 11.5. The molecule has 1 aromatic carbocycles. The number of piperazine rings is 1. The summed E-state index contributed by atoms with van der Waals surface area (Å²) >= 11 is 0. The lowest BCUT2D eigenvalue weighted by Crippen LogP contribution is -2.54. The van der Waals surface area contributed by atoms with Crippen molar-refractivity contribution in [1.29, 1.82) is 0 Å². The van der Waals surface area contributed by atoms with Crippen LogP contribution in [0.2, 0.25) is 0 Å². The molecule has 0 unspecified atom stereocenters. The van der Waals surface area contributed by atoms with Gasteiger partial charge in [0.15, 0.2) is 0 Å². The van der Waals surface area contributed by atoms with Gasteiger partial charge in [-0.15, -0.1) is 0 Å². The summed E-state index contributed by atoms with van der Waals surface area (Å²) in [5, 5.41) is 0. The van der Waals surface area contributed by atoms with Crippen molar-refractivity contribution in [2.45, 2.75) is 26.2 Å². The van der Waals surface area contributed by atoms with Crippen LogP contribution in [0.1, 0.15) is 35.5 Å². The van der Waals surface area contributed by atoms with E-state index in [2.05, 4.69) is 0 Å². The highest BCUT2D eigenvalue weighted by Gasteiger charge is 2.35. The minimum absolute atomic E-state index is 0.0272. The Morgan fingerprint density at radius 1 is 0.960 bits per heavy atom. The molecule has 1 aliphatic rings. The van der Waals surface area contributed by atoms with Crippen LogP contribution in [-0.2, 0) is 10.2 Å². The van der Waals surface area contributed by atoms with Crippen LogP contribution >= 0.6 is 0 Å². The second-order valence-corrected chi connectivity index (χ2v) is 6.97. The van der Waals surface area contributed by atoms with E-state index in [0.29, 0.717) is 37.5 Å². The molecule has 132 valence electrons. The highest BCUT2D eigenvalue weighted by atomic mass is 16.3. The molecule has 1 saturated heterocycles. The monoisotopic (exact) mass is 340 g/mol. The third-order valence-corrected chi connectivity index (χ3v) is 4.97. The zero-order chi connectivity index (χ0) is 18.0. The molecule has 2 heterocycles. The van der Waals surface area contributed by atoms with E-state index in [-0.39, 0.29) is 11.8 Å². The summed E-state index contributed by atoms with van der Waals surface area (Å²) in [4.78, 5) is 29.2. The Bertz CT molecular complexity index is 756. The van der Waals surface area contributed by atoms with Gasteiger partial charge in [-0.25, -0.2) is 0 Å². The number of nitrogens with zero attached hydrogens (tertiary/aromatic N) is 2. The van der Waals surface area contributed by atoms with Gasteiger partial charge in [0.25, 0.3) is 5.91 Å². The van der Waals surface area contributed by atoms with Crippen molar-refractivity contribution in [2.75, 3.05) is 26.2 Å². The molecule has 2 aromatic rings. The maximum absolute atomic E-state index is 13.0. The van der Waals surface area contributed by atoms with Crippen LogP contribution in [0.15, 0.2) is 47.1 Å². The van der Waals surface area contributed by atoms with Crippen molar-refractivity contribution >= 4 is 11.8 Å². The van der Waals surface area contributed by atoms with E-state index < -0.39 is 5.41 Å². The summed E-state index contributed by atoms with van der Waals surface area (Å²) in [5.74, 6) is 0.708. The molecule has 0 radical (unpaired) electrons. The molecule has 5 nitrogen and oxygen atoms in total. The number of hydrogen-bond donors (Lipinski definition) is 0. The van der Waals surface area contributed by atoms with Crippen LogP contribution < -0.4 is 0 Å². The number of amides is 2. The maximum atomic E-state index is 13.0. The van der Waals surface area contributed by atoms with E-state index in [1.165, 1.54) is 6.26 Å². The average Bonchev–Trinajstić information content (AvgIpc) is 3.07. The van der Waals surface area contributed by atoms with Gasteiger partial charge in [0, 0.05) is 26.2 Å². The van der Waals surface area contributed by atoms with Crippen LogP contribution in [0.4, 0.5) is 0 Å². The summed E-state index contributed by atoms with van der Waals surface area (Å²) in [6.07, 6.45) is 1.53. The first-order valence-electron chi connectivity index (χ1n) is 8.59. The van der Waals surface area contributed by atoms with Gasteiger partial charge in [-0.1, -0.05) is 30.3 Å². The minimum atomic E-state index is -0.575. The van der Waals surface area contributed by atoms with Crippen LogP contribution in [0.25, 0.3) is 0 Å². The minimum Gasteiger partial charge on any atom is -0.469 e. The Hall–Kier alpha value is -2.56. The zero-order valence-corrected chi connectivity index (χ0v) is 15.0. The highest BCUT2D eigenvalue weighted by Crippen LogP contribution is 2.26. The van der Waals surface area contributed by atoms with Gasteiger partial charge in [0.1, 0.15) is 5.76 Å². The second kappa shape index (κ2) is 6.75. The molecule has 1 fully saturated rings. The molecule has 2 amide bonds. The van der Waals surface area contributed by atoms with Crippen LogP contribution in [0.5, 0.6) is 0 Å². The van der Waals surface area contributed by atoms with E-state index in [1.54, 1.807) is 17.9 Å². The van der Waals surface area contributed by atoms with E-state index >= 15 is 0 Å². The molecule has 0 aliphatic carbocycles. The molecule has 0 bridgehead atoms. The molecule has 1 aromatic heterocycles. The van der Waals surface area contributed by atoms with Gasteiger partial charge in [-0.3, -0.25) is 9.59 Å². The number of furan rings is 1. The predicted molar refractivity (Wildman–Crippen MR) is 95.4 cm³/mol. The smallest absolute Gasteiger partial charge is 0.257 e. The molecule has 0 N–H and O–H groups in total. The Morgan fingerprint density at radius 2 is 1.56 bits per heavy atom. The summed E-state index contributed by atoms with van der Waals surface area (Å²) in [6.45, 7) is 7.89. The average molecular weight is 340 g/mol. The lowest BCUT2D eigenvalue weighted by atomic mass is 9.83. The highest BCUT2D eigenvalue weighted by molar-refractivity contribution is 5.95. The molecule has 25 heavy (non-hydrogen) atoms. The number of carbonyl (C=O) groups is 2. The molecular formula is C20H24N2O3. The summed E-state index contributed by atoms with van der Waals surface area (Å²) < 4.78 is 5.22. The Morgan fingerprint density at radius 3 is 2.12 bits per heavy atom. The van der Waals surface area contributed by atoms with Crippen molar-refractivity contribution < 1.29 is 14.0 Å². The lowest BCUT2D eigenvalue weighted by Gasteiger charge is -2.38. The number of hydrogen-bond acceptors (Lipinski definition) is 3. The Labute approximate surface area is 148 Å². The molecule has 5 heteroatoms. The molecule has 0 atom stereocenters. The first-order chi connectivity index (χ1) is 11.9. The van der Waals surface area contributed by atoms with Crippen molar-refractivity contribution in [3.63, 3.8) is 0 Å². The van der Waals surface area contributed by atoms with Gasteiger partial charge in [0.2, 0.25) is 5.91 Å². The van der Waals surface area contributed by atoms with E-state index in [4.69, 9.17) is 4.42 Å². The quantitative estimate of drug-likeness (QED) is 0.863. The Kier molecular flexibility index (Phi) is 4.66. The number of benzene rings is 1. The lowest BCUT2D eigenvalue weighted by molar-refractivity contribution is -0.137. The van der Waals surface area contributed by atoms with E-state index in [0.717, 1.165) is 5.56 Å². The van der Waals surface area contributed by atoms with Gasteiger partial charge < -0.3 is 14.2 Å². The van der Waals surface area contributed by atoms with Gasteiger partial charge >= 0.3 is 0 Å². The third kappa shape index (κ3) is 3.31. The predicted octanol–water partition coefficient (Wildman–Crippen LogP) is 2.85. The molecule has 0 spiro atoms. The fourth-order valence-electron chi connectivity index (χ4n) is 3.26. The Balaban J connectivity index is 1.65. The SMILES string of the molecule is Cc1occc1C(=O)N1CCN(C(=O)C(C)(C)c2ccccc2)CC1. The van der Waals surface area contributed by atoms with Crippen LogP contribution in [0, 0.1) is 6.92 Å². The van der Waals surface area contributed by atoms with Gasteiger partial charge in [-0.2, -0.15) is 0 Å². The number of carbonyl (C=O) groups excluding carboxylic acids is 2. The van der Waals surface area contributed by atoms with E-state index in [1.807, 2.05) is 49.1 Å². The van der Waals surface area contributed by atoms with Crippen molar-refractivity contribution in [2.24, 2.45) is 0 Å². The summed E-state index contributed by atoms with van der Waals surface area (Å²) in [5.41, 5.74) is 1.03. The third-order valence-electron chi connectivity index (χ3n) is 4.97. The number of aryl methyl sites for hydroxylation is 1. The largest absolute Gasteiger partial charge is 0.469 e. The molecular weight excluding hydrogens is 316 g/mol. The maximum Gasteiger partial charge on any atom is 0.257 e. The fourth-order valence-corrected chi connectivity index (χ4v) is 3.26. The molecule has 1 aliphatic heterocycles. The standard InChI is InChI=1S/C20H24N2O3/c1-15-17(9-14-25-15)18(23)21-10-12-22(13-11-21)19(24)20(2,3)16-7-5-4-6-8-16/h4-9,14H,10-13H2,1-3H3. The molecule has 0 saturated carbocycles. The fraction of sp³-hybridized carbons (Fsp3) is 0.400. The summed E-state index contributed by atoms with van der Waals surface area (Å²) in [7, 11) is 0. The van der Waals surface area contributed by atoms with Gasteiger partial charge in [0.05, 0.1) is 17.2 Å². The number of rotatable bonds is 3. The van der Waals surface area contributed by atoms with Crippen LogP contribution in [-0.4, -0.2) is 47.8 Å². The zero-order valence-electron chi connectivity index (χ0n) is 15.0. The normalized spacial score (nSPS) is 15.3. The van der Waals surface area contributed by atoms with Crippen molar-refractivity contribution in [1.82, 2.24) is 9.80 Å². The molecule has 3 rings (SSSR count). The van der Waals surface area contributed by atoms with Crippen molar-refractivity contribution in [3.8, 4) is 0 Å². The first-order valence-corrected chi connectivity index (χ1v) is 8.59. The van der Waals surface area contributed by atoms with Gasteiger partial charge in [-0.05, 0) is 32.4 Å². The topological polar surface area (TPSA) is 53.8 Å². The second-order valence-electron chi connectivity index (χ2n) is 6.97. The first kappa shape index (κ1) is 17.3. The van der Waals surface area contributed by atoms with Crippen molar-refractivity contribution in [3.05, 3.63) is 59.5 Å².